The molecule has 2 heterocycles. The molecule has 102 valence electrons. The molecule has 0 aromatic heterocycles. The van der Waals surface area contributed by atoms with E-state index in [1.807, 2.05) is 0 Å². The molecule has 1 aromatic carbocycles. The SMILES string of the molecule is O=[N+]([O-])c1cc(NC2CCN3CCCC23)ccc1F. The molecule has 2 aliphatic rings. The Bertz CT molecular complexity index is 509. The number of nitro benzene ring substituents is 1. The molecule has 2 saturated heterocycles. The predicted molar refractivity (Wildman–Crippen MR) is 69.7 cm³/mol. The van der Waals surface area contributed by atoms with Crippen molar-refractivity contribution in [3.05, 3.63) is 34.1 Å². The Labute approximate surface area is 110 Å². The summed E-state index contributed by atoms with van der Waals surface area (Å²) < 4.78 is 13.3. The van der Waals surface area contributed by atoms with Gasteiger partial charge in [-0.15, -0.1) is 0 Å². The highest BCUT2D eigenvalue weighted by Crippen LogP contribution is 2.31. The van der Waals surface area contributed by atoms with Crippen LogP contribution in [-0.4, -0.2) is 35.0 Å². The monoisotopic (exact) mass is 265 g/mol. The normalized spacial score (nSPS) is 26.4. The van der Waals surface area contributed by atoms with Gasteiger partial charge in [-0.1, -0.05) is 0 Å². The average Bonchev–Trinajstić information content (AvgIpc) is 2.96. The Morgan fingerprint density at radius 1 is 1.37 bits per heavy atom. The van der Waals surface area contributed by atoms with Gasteiger partial charge in [0.05, 0.1) is 4.92 Å². The summed E-state index contributed by atoms with van der Waals surface area (Å²) in [5.74, 6) is -0.788. The summed E-state index contributed by atoms with van der Waals surface area (Å²) in [6, 6.07) is 4.84. The fraction of sp³-hybridized carbons (Fsp3) is 0.538. The van der Waals surface area contributed by atoms with Gasteiger partial charge in [-0.25, -0.2) is 0 Å². The van der Waals surface area contributed by atoms with Crippen molar-refractivity contribution in [2.24, 2.45) is 0 Å². The molecular formula is C13H16FN3O2. The van der Waals surface area contributed by atoms with Gasteiger partial charge in [-0.05, 0) is 37.9 Å². The number of nitro groups is 1. The zero-order valence-corrected chi connectivity index (χ0v) is 10.5. The number of halogens is 1. The van der Waals surface area contributed by atoms with Gasteiger partial charge in [0, 0.05) is 30.4 Å². The molecule has 0 spiro atoms. The van der Waals surface area contributed by atoms with Gasteiger partial charge in [0.2, 0.25) is 5.82 Å². The van der Waals surface area contributed by atoms with E-state index in [0.29, 0.717) is 17.8 Å². The van der Waals surface area contributed by atoms with Crippen molar-refractivity contribution in [2.45, 2.75) is 31.3 Å². The molecule has 1 aromatic rings. The molecule has 0 radical (unpaired) electrons. The smallest absolute Gasteiger partial charge is 0.306 e. The highest BCUT2D eigenvalue weighted by molar-refractivity contribution is 5.52. The zero-order valence-electron chi connectivity index (χ0n) is 10.5. The van der Waals surface area contributed by atoms with Crippen molar-refractivity contribution in [1.82, 2.24) is 4.90 Å². The summed E-state index contributed by atoms with van der Waals surface area (Å²) in [7, 11) is 0. The molecular weight excluding hydrogens is 249 g/mol. The lowest BCUT2D eigenvalue weighted by atomic mass is 10.1. The lowest BCUT2D eigenvalue weighted by molar-refractivity contribution is -0.387. The van der Waals surface area contributed by atoms with Crippen LogP contribution in [0.5, 0.6) is 0 Å². The third-order valence-electron chi connectivity index (χ3n) is 4.10. The number of hydrogen-bond acceptors (Lipinski definition) is 4. The molecule has 19 heavy (non-hydrogen) atoms. The van der Waals surface area contributed by atoms with Gasteiger partial charge >= 0.3 is 5.69 Å². The van der Waals surface area contributed by atoms with Gasteiger partial charge in [-0.3, -0.25) is 15.0 Å². The minimum absolute atomic E-state index is 0.313. The van der Waals surface area contributed by atoms with Crippen LogP contribution in [0.25, 0.3) is 0 Å². The summed E-state index contributed by atoms with van der Waals surface area (Å²) in [6.45, 7) is 2.22. The topological polar surface area (TPSA) is 58.4 Å². The number of fused-ring (bicyclic) bond motifs is 1. The van der Waals surface area contributed by atoms with Crippen molar-refractivity contribution in [3.63, 3.8) is 0 Å². The van der Waals surface area contributed by atoms with Crippen LogP contribution < -0.4 is 5.32 Å². The first-order chi connectivity index (χ1) is 9.15. The van der Waals surface area contributed by atoms with Crippen molar-refractivity contribution in [1.29, 1.82) is 0 Å². The lowest BCUT2D eigenvalue weighted by Gasteiger charge is -2.22. The molecule has 1 N–H and O–H groups in total. The second-order valence-corrected chi connectivity index (χ2v) is 5.21. The molecule has 6 heteroatoms. The van der Waals surface area contributed by atoms with E-state index in [-0.39, 0.29) is 0 Å². The number of nitrogens with zero attached hydrogens (tertiary/aromatic N) is 2. The van der Waals surface area contributed by atoms with E-state index in [1.54, 1.807) is 6.07 Å². The fourth-order valence-electron chi connectivity index (χ4n) is 3.21. The summed E-state index contributed by atoms with van der Waals surface area (Å²) >= 11 is 0. The molecule has 0 aliphatic carbocycles. The van der Waals surface area contributed by atoms with E-state index in [2.05, 4.69) is 10.2 Å². The van der Waals surface area contributed by atoms with Crippen LogP contribution in [0.3, 0.4) is 0 Å². The van der Waals surface area contributed by atoms with Crippen LogP contribution >= 0.6 is 0 Å². The molecule has 2 fully saturated rings. The Morgan fingerprint density at radius 2 is 2.21 bits per heavy atom. The largest absolute Gasteiger partial charge is 0.380 e. The first kappa shape index (κ1) is 12.3. The van der Waals surface area contributed by atoms with Gasteiger partial charge in [-0.2, -0.15) is 4.39 Å². The lowest BCUT2D eigenvalue weighted by Crippen LogP contribution is -2.33. The van der Waals surface area contributed by atoms with Crippen LogP contribution in [0.1, 0.15) is 19.3 Å². The first-order valence-electron chi connectivity index (χ1n) is 6.59. The quantitative estimate of drug-likeness (QED) is 0.673. The van der Waals surface area contributed by atoms with Crippen LogP contribution in [0.15, 0.2) is 18.2 Å². The Balaban J connectivity index is 1.76. The molecule has 0 bridgehead atoms. The van der Waals surface area contributed by atoms with Crippen molar-refractivity contribution in [3.8, 4) is 0 Å². The minimum Gasteiger partial charge on any atom is -0.380 e. The highest BCUT2D eigenvalue weighted by Gasteiger charge is 2.37. The molecule has 3 rings (SSSR count). The third-order valence-corrected chi connectivity index (χ3v) is 4.10. The van der Waals surface area contributed by atoms with Crippen molar-refractivity contribution >= 4 is 11.4 Å². The van der Waals surface area contributed by atoms with E-state index < -0.39 is 16.4 Å². The summed E-state index contributed by atoms with van der Waals surface area (Å²) in [4.78, 5) is 12.5. The van der Waals surface area contributed by atoms with Crippen LogP contribution in [0, 0.1) is 15.9 Å². The molecule has 0 amide bonds. The van der Waals surface area contributed by atoms with Gasteiger partial charge in [0.15, 0.2) is 0 Å². The highest BCUT2D eigenvalue weighted by atomic mass is 19.1. The van der Waals surface area contributed by atoms with E-state index in [4.69, 9.17) is 0 Å². The van der Waals surface area contributed by atoms with Crippen molar-refractivity contribution < 1.29 is 9.31 Å². The van der Waals surface area contributed by atoms with E-state index in [1.165, 1.54) is 18.9 Å². The standard InChI is InChI=1S/C13H16FN3O2/c14-10-4-3-9(8-13(10)17(18)19)15-11-5-7-16-6-1-2-12(11)16/h3-4,8,11-12,15H,1-2,5-7H2. The van der Waals surface area contributed by atoms with Crippen LogP contribution in [0.4, 0.5) is 15.8 Å². The Morgan fingerprint density at radius 3 is 3.00 bits per heavy atom. The van der Waals surface area contributed by atoms with Gasteiger partial charge < -0.3 is 5.32 Å². The third kappa shape index (κ3) is 2.28. The average molecular weight is 265 g/mol. The van der Waals surface area contributed by atoms with E-state index >= 15 is 0 Å². The van der Waals surface area contributed by atoms with E-state index in [9.17, 15) is 14.5 Å². The first-order valence-corrected chi connectivity index (χ1v) is 6.59. The van der Waals surface area contributed by atoms with Crippen LogP contribution in [0.2, 0.25) is 0 Å². The van der Waals surface area contributed by atoms with E-state index in [0.717, 1.165) is 25.6 Å². The maximum Gasteiger partial charge on any atom is 0.306 e. The predicted octanol–water partition coefficient (Wildman–Crippen LogP) is 2.38. The number of hydrogen-bond donors (Lipinski definition) is 1. The fourth-order valence-corrected chi connectivity index (χ4v) is 3.21. The Kier molecular flexibility index (Phi) is 3.10. The number of rotatable bonds is 3. The number of benzene rings is 1. The number of anilines is 1. The minimum atomic E-state index is -0.788. The second-order valence-electron chi connectivity index (χ2n) is 5.21. The molecule has 2 unspecified atom stereocenters. The van der Waals surface area contributed by atoms with Crippen molar-refractivity contribution in [2.75, 3.05) is 18.4 Å². The molecule has 2 atom stereocenters. The zero-order chi connectivity index (χ0) is 13.4. The summed E-state index contributed by atoms with van der Waals surface area (Å²) in [6.07, 6.45) is 3.42. The molecule has 5 nitrogen and oxygen atoms in total. The maximum atomic E-state index is 13.3. The molecule has 2 aliphatic heterocycles. The maximum absolute atomic E-state index is 13.3. The summed E-state index contributed by atoms with van der Waals surface area (Å²) in [5.41, 5.74) is 0.165. The van der Waals surface area contributed by atoms with Gasteiger partial charge in [0.1, 0.15) is 0 Å². The van der Waals surface area contributed by atoms with Crippen LogP contribution in [-0.2, 0) is 0 Å². The molecule has 0 saturated carbocycles. The summed E-state index contributed by atoms with van der Waals surface area (Å²) in [5, 5.41) is 14.0. The number of nitrogens with one attached hydrogen (secondary N) is 1. The van der Waals surface area contributed by atoms with Gasteiger partial charge in [0.25, 0.3) is 0 Å². The Hall–Kier alpha value is -1.69. The second kappa shape index (κ2) is 4.77.